The molecule has 3 aromatic heterocycles. The number of H-pyrrole nitrogens is 3. The van der Waals surface area contributed by atoms with E-state index in [0.29, 0.717) is 12.3 Å². The molecule has 226 valence electrons. The second-order valence-corrected chi connectivity index (χ2v) is 14.5. The number of allylic oxidation sites excluding steroid dienone is 1. The van der Waals surface area contributed by atoms with Crippen molar-refractivity contribution in [2.45, 2.75) is 96.6 Å². The Balaban J connectivity index is 1.42. The quantitative estimate of drug-likeness (QED) is 0.180. The molecule has 3 atom stereocenters. The molecule has 6 rings (SSSR count). The lowest BCUT2D eigenvalue weighted by Crippen LogP contribution is -2.46. The van der Waals surface area contributed by atoms with E-state index in [-0.39, 0.29) is 34.2 Å². The van der Waals surface area contributed by atoms with Crippen LogP contribution in [0, 0.1) is 5.92 Å². The third-order valence-electron chi connectivity index (χ3n) is 10.2. The van der Waals surface area contributed by atoms with E-state index in [1.807, 2.05) is 25.1 Å². The van der Waals surface area contributed by atoms with Crippen molar-refractivity contribution >= 4 is 5.91 Å². The maximum atomic E-state index is 13.5. The minimum Gasteiger partial charge on any atom is -0.384 e. The molecule has 5 heterocycles. The number of amides is 1. The van der Waals surface area contributed by atoms with E-state index in [4.69, 9.17) is 0 Å². The predicted octanol–water partition coefficient (Wildman–Crippen LogP) is 7.07. The zero-order valence-electron chi connectivity index (χ0n) is 26.9. The third kappa shape index (κ3) is 5.15. The van der Waals surface area contributed by atoms with Gasteiger partial charge in [-0.25, -0.2) is 0 Å². The van der Waals surface area contributed by atoms with E-state index in [2.05, 4.69) is 123 Å². The van der Waals surface area contributed by atoms with Crippen LogP contribution in [0.3, 0.4) is 0 Å². The normalized spacial score (nSPS) is 22.4. The first-order valence-electron chi connectivity index (χ1n) is 15.7. The lowest BCUT2D eigenvalue weighted by Gasteiger charge is -2.37. The van der Waals surface area contributed by atoms with Gasteiger partial charge >= 0.3 is 0 Å². The zero-order chi connectivity index (χ0) is 30.7. The summed E-state index contributed by atoms with van der Waals surface area (Å²) in [6.45, 7) is 18.0. The molecule has 0 saturated carbocycles. The molecule has 0 saturated heterocycles. The van der Waals surface area contributed by atoms with Crippen LogP contribution < -0.4 is 10.6 Å². The lowest BCUT2D eigenvalue weighted by atomic mass is 9.77. The second-order valence-electron chi connectivity index (χ2n) is 14.5. The summed E-state index contributed by atoms with van der Waals surface area (Å²) in [6.07, 6.45) is 3.52. The fourth-order valence-corrected chi connectivity index (χ4v) is 7.23. The molecule has 1 aromatic carbocycles. The maximum absolute atomic E-state index is 13.5. The molecule has 6 nitrogen and oxygen atoms in total. The molecule has 8 bridgehead atoms. The Labute approximate surface area is 256 Å². The molecular formula is C37H47N5O. The van der Waals surface area contributed by atoms with Gasteiger partial charge in [-0.3, -0.25) is 4.79 Å². The minimum absolute atomic E-state index is 0.0212. The van der Waals surface area contributed by atoms with E-state index in [9.17, 15) is 4.79 Å². The molecular weight excluding hydrogens is 530 g/mol. The number of hydrogen-bond acceptors (Lipinski definition) is 2. The number of hydrogen-bond donors (Lipinski definition) is 5. The van der Waals surface area contributed by atoms with Gasteiger partial charge < -0.3 is 25.6 Å². The van der Waals surface area contributed by atoms with Crippen molar-refractivity contribution in [3.8, 4) is 0 Å². The standard InChI is InChI=1S/C37H47N5O/c1-22-18-30-37(7,8)34-25(20-32(43)38-23(2)24-12-10-9-11-13-24)19-31(42-34)35(3,4)28-16-14-26(39-28)21-27-15-17-29(40-27)36(5,6)33(22)41-30/h9-19,22-23,33,39-42H,20-21H2,1-8H3,(H,38,43). The van der Waals surface area contributed by atoms with Gasteiger partial charge in [0.1, 0.15) is 0 Å². The molecule has 1 amide bonds. The number of benzene rings is 1. The highest BCUT2D eigenvalue weighted by molar-refractivity contribution is 5.79. The Bertz CT molecular complexity index is 1660. The van der Waals surface area contributed by atoms with Gasteiger partial charge in [0.15, 0.2) is 0 Å². The molecule has 0 radical (unpaired) electrons. The highest BCUT2D eigenvalue weighted by Crippen LogP contribution is 2.43. The second kappa shape index (κ2) is 10.4. The number of aromatic nitrogens is 3. The van der Waals surface area contributed by atoms with Crippen molar-refractivity contribution in [3.63, 3.8) is 0 Å². The predicted molar refractivity (Wildman–Crippen MR) is 174 cm³/mol. The molecule has 6 heteroatoms. The van der Waals surface area contributed by atoms with Crippen molar-refractivity contribution in [2.75, 3.05) is 0 Å². The Hall–Kier alpha value is -3.93. The van der Waals surface area contributed by atoms with Crippen LogP contribution in [0.1, 0.15) is 107 Å². The number of carbonyl (C=O) groups is 1. The number of fused-ring (bicyclic) bond motifs is 8. The van der Waals surface area contributed by atoms with Crippen molar-refractivity contribution in [2.24, 2.45) is 5.92 Å². The van der Waals surface area contributed by atoms with Crippen LogP contribution in [-0.4, -0.2) is 26.9 Å². The highest BCUT2D eigenvalue weighted by Gasteiger charge is 2.44. The van der Waals surface area contributed by atoms with Gasteiger partial charge in [0, 0.05) is 68.6 Å². The number of carbonyl (C=O) groups excluding carboxylic acids is 1. The summed E-state index contributed by atoms with van der Waals surface area (Å²) in [4.78, 5) is 24.9. The highest BCUT2D eigenvalue weighted by atomic mass is 16.1. The first-order valence-corrected chi connectivity index (χ1v) is 15.7. The Morgan fingerprint density at radius 2 is 1.51 bits per heavy atom. The van der Waals surface area contributed by atoms with Crippen molar-refractivity contribution < 1.29 is 4.79 Å². The lowest BCUT2D eigenvalue weighted by molar-refractivity contribution is -0.121. The van der Waals surface area contributed by atoms with Gasteiger partial charge in [-0.15, -0.1) is 0 Å². The van der Waals surface area contributed by atoms with Crippen LogP contribution in [-0.2, 0) is 33.9 Å². The van der Waals surface area contributed by atoms with Gasteiger partial charge in [0.05, 0.1) is 12.5 Å². The topological polar surface area (TPSA) is 88.5 Å². The molecule has 2 aliphatic heterocycles. The summed E-state index contributed by atoms with van der Waals surface area (Å²) >= 11 is 0. The number of rotatable bonds is 4. The minimum atomic E-state index is -0.368. The van der Waals surface area contributed by atoms with Crippen molar-refractivity contribution in [1.29, 1.82) is 0 Å². The summed E-state index contributed by atoms with van der Waals surface area (Å²) < 4.78 is 0. The number of nitrogens with one attached hydrogen (secondary N) is 5. The first kappa shape index (κ1) is 29.2. The largest absolute Gasteiger partial charge is 0.384 e. The average Bonchev–Trinajstić information content (AvgIpc) is 3.76. The summed E-state index contributed by atoms with van der Waals surface area (Å²) in [5.41, 5.74) is 9.49. The third-order valence-corrected chi connectivity index (χ3v) is 10.2. The summed E-state index contributed by atoms with van der Waals surface area (Å²) in [6, 6.07) is 21.4. The van der Waals surface area contributed by atoms with Crippen LogP contribution in [0.2, 0.25) is 0 Å². The Kier molecular flexibility index (Phi) is 7.02. The molecule has 2 aliphatic rings. The van der Waals surface area contributed by atoms with Gasteiger partial charge in [-0.05, 0) is 82.0 Å². The van der Waals surface area contributed by atoms with E-state index >= 15 is 0 Å². The SMILES string of the molecule is CC(NC(=O)Cc1cc2[nH]c1C(C)(C)C1=CC(C)C(N1)C(C)(C)c1ccc([nH]1)Cc1ccc([nH]1)C2(C)C)c1ccccc1. The van der Waals surface area contributed by atoms with E-state index in [1.54, 1.807) is 0 Å². The van der Waals surface area contributed by atoms with Gasteiger partial charge in [-0.2, -0.15) is 0 Å². The van der Waals surface area contributed by atoms with E-state index < -0.39 is 0 Å². The first-order chi connectivity index (χ1) is 20.3. The van der Waals surface area contributed by atoms with Gasteiger partial charge in [0.2, 0.25) is 5.91 Å². The van der Waals surface area contributed by atoms with Crippen molar-refractivity contribution in [3.05, 3.63) is 118 Å². The molecule has 0 spiro atoms. The molecule has 5 N–H and O–H groups in total. The molecule has 43 heavy (non-hydrogen) atoms. The van der Waals surface area contributed by atoms with E-state index in [0.717, 1.165) is 34.6 Å². The van der Waals surface area contributed by atoms with Crippen LogP contribution in [0.4, 0.5) is 0 Å². The van der Waals surface area contributed by atoms with Crippen LogP contribution >= 0.6 is 0 Å². The summed E-state index contributed by atoms with van der Waals surface area (Å²) in [5, 5.41) is 7.21. The van der Waals surface area contributed by atoms with Crippen LogP contribution in [0.15, 0.2) is 72.4 Å². The Morgan fingerprint density at radius 1 is 0.860 bits per heavy atom. The fraction of sp³-hybridized carbons (Fsp3) is 0.432. The molecule has 3 unspecified atom stereocenters. The van der Waals surface area contributed by atoms with Gasteiger partial charge in [0.25, 0.3) is 0 Å². The summed E-state index contributed by atoms with van der Waals surface area (Å²) in [7, 11) is 0. The molecule has 0 fully saturated rings. The Morgan fingerprint density at radius 3 is 2.21 bits per heavy atom. The molecule has 4 aromatic rings. The van der Waals surface area contributed by atoms with Crippen LogP contribution in [0.5, 0.6) is 0 Å². The fourth-order valence-electron chi connectivity index (χ4n) is 7.23. The monoisotopic (exact) mass is 577 g/mol. The average molecular weight is 578 g/mol. The zero-order valence-corrected chi connectivity index (χ0v) is 26.9. The summed E-state index contributed by atoms with van der Waals surface area (Å²) in [5.74, 6) is 0.356. The van der Waals surface area contributed by atoms with Gasteiger partial charge in [-0.1, -0.05) is 57.2 Å². The van der Waals surface area contributed by atoms with Crippen LogP contribution in [0.25, 0.3) is 0 Å². The smallest absolute Gasteiger partial charge is 0.224 e. The number of aromatic amines is 3. The van der Waals surface area contributed by atoms with E-state index in [1.165, 1.54) is 22.8 Å². The van der Waals surface area contributed by atoms with Crippen molar-refractivity contribution in [1.82, 2.24) is 25.6 Å². The maximum Gasteiger partial charge on any atom is 0.224 e. The molecule has 0 aliphatic carbocycles.